The number of thiazole rings is 2. The van der Waals surface area contributed by atoms with E-state index in [2.05, 4.69) is 20.6 Å². The molecule has 4 heterocycles. The number of alkyl carbamates (subject to hydrolysis) is 1. The number of ether oxygens (including phenoxy) is 3. The van der Waals surface area contributed by atoms with Crippen LogP contribution in [0.1, 0.15) is 35.5 Å². The molecule has 2 amide bonds. The summed E-state index contributed by atoms with van der Waals surface area (Å²) < 4.78 is 46.9. The Balaban J connectivity index is 1.19. The molecule has 0 bridgehead atoms. The number of fused-ring (bicyclic) bond motifs is 2. The molecule has 48 heavy (non-hydrogen) atoms. The minimum atomic E-state index is -4.11. The zero-order valence-electron chi connectivity index (χ0n) is 26.4. The summed E-state index contributed by atoms with van der Waals surface area (Å²) in [5.41, 5.74) is 2.94. The summed E-state index contributed by atoms with van der Waals surface area (Å²) in [7, 11) is -4.11. The molecule has 6 rings (SSSR count). The number of aliphatic hydroxyl groups is 1. The van der Waals surface area contributed by atoms with Gasteiger partial charge in [-0.1, -0.05) is 55.5 Å². The van der Waals surface area contributed by atoms with Crippen molar-refractivity contribution < 1.29 is 37.3 Å². The Bertz CT molecular complexity index is 1820. The summed E-state index contributed by atoms with van der Waals surface area (Å²) in [6.07, 6.45) is -0.446. The second-order valence-corrected chi connectivity index (χ2v) is 16.0. The Morgan fingerprint density at radius 2 is 1.96 bits per heavy atom. The van der Waals surface area contributed by atoms with E-state index in [0.717, 1.165) is 23.3 Å². The number of amides is 2. The van der Waals surface area contributed by atoms with Crippen molar-refractivity contribution in [2.45, 2.75) is 56.1 Å². The lowest BCUT2D eigenvalue weighted by molar-refractivity contribution is -0.0907. The number of carbonyl (C=O) groups is 2. The van der Waals surface area contributed by atoms with E-state index in [1.165, 1.54) is 34.0 Å². The number of aromatic nitrogens is 2. The maximum atomic E-state index is 14.1. The first-order valence-corrected chi connectivity index (χ1v) is 18.7. The largest absolute Gasteiger partial charge is 0.443 e. The van der Waals surface area contributed by atoms with Gasteiger partial charge >= 0.3 is 6.09 Å². The Kier molecular flexibility index (Phi) is 10.7. The molecule has 0 spiro atoms. The highest BCUT2D eigenvalue weighted by molar-refractivity contribution is 7.89. The number of benzene rings is 2. The first-order chi connectivity index (χ1) is 23.1. The summed E-state index contributed by atoms with van der Waals surface area (Å²) in [5.74, 6) is -0.471. The van der Waals surface area contributed by atoms with Gasteiger partial charge in [-0.25, -0.2) is 18.2 Å². The molecule has 0 saturated carbocycles. The van der Waals surface area contributed by atoms with Crippen molar-refractivity contribution in [3.8, 4) is 0 Å². The van der Waals surface area contributed by atoms with Gasteiger partial charge in [0.1, 0.15) is 11.0 Å². The van der Waals surface area contributed by atoms with Crippen LogP contribution in [0.4, 0.5) is 9.93 Å². The number of anilines is 1. The SMILES string of the molecule is CC(C)CN(C[C@@H](O)[C@H](Cc1ccccc1)NC(=O)O[C@H]1CO[C@H]2OCC[C@H]21)S(=O)(=O)c1ccc2nc(NC(=O)c3cncs3)sc2c1. The molecule has 13 nitrogen and oxygen atoms in total. The Hall–Kier alpha value is -3.51. The highest BCUT2D eigenvalue weighted by Crippen LogP contribution is 2.33. The van der Waals surface area contributed by atoms with Gasteiger partial charge in [0, 0.05) is 13.1 Å². The first kappa shape index (κ1) is 34.4. The lowest BCUT2D eigenvalue weighted by Gasteiger charge is -2.31. The zero-order valence-corrected chi connectivity index (χ0v) is 28.8. The van der Waals surface area contributed by atoms with Crippen molar-refractivity contribution in [2.75, 3.05) is 31.6 Å². The lowest BCUT2D eigenvalue weighted by atomic mass is 10.0. The number of hydrogen-bond acceptors (Lipinski definition) is 12. The van der Waals surface area contributed by atoms with Crippen molar-refractivity contribution in [1.29, 1.82) is 0 Å². The second-order valence-electron chi connectivity index (χ2n) is 12.2. The average molecular weight is 716 g/mol. The van der Waals surface area contributed by atoms with Crippen LogP contribution >= 0.6 is 22.7 Å². The summed E-state index contributed by atoms with van der Waals surface area (Å²) in [5, 5.41) is 17.5. The van der Waals surface area contributed by atoms with Gasteiger partial charge in [0.2, 0.25) is 10.0 Å². The Morgan fingerprint density at radius 3 is 2.71 bits per heavy atom. The predicted molar refractivity (Wildman–Crippen MR) is 180 cm³/mol. The molecule has 2 aromatic carbocycles. The number of aliphatic hydroxyl groups excluding tert-OH is 1. The molecule has 4 aromatic rings. The summed E-state index contributed by atoms with van der Waals surface area (Å²) >= 11 is 2.35. The number of hydrogen-bond donors (Lipinski definition) is 3. The van der Waals surface area contributed by atoms with E-state index in [1.807, 2.05) is 44.2 Å². The van der Waals surface area contributed by atoms with Gasteiger partial charge in [0.15, 0.2) is 11.4 Å². The Morgan fingerprint density at radius 1 is 1.15 bits per heavy atom. The van der Waals surface area contributed by atoms with E-state index in [9.17, 15) is 23.1 Å². The van der Waals surface area contributed by atoms with E-state index in [4.69, 9.17) is 14.2 Å². The molecule has 3 N–H and O–H groups in total. The number of nitrogens with one attached hydrogen (secondary N) is 2. The van der Waals surface area contributed by atoms with E-state index < -0.39 is 34.4 Å². The van der Waals surface area contributed by atoms with Crippen molar-refractivity contribution in [2.24, 2.45) is 11.8 Å². The van der Waals surface area contributed by atoms with Gasteiger partial charge in [0.25, 0.3) is 5.91 Å². The summed E-state index contributed by atoms with van der Waals surface area (Å²) in [4.78, 5) is 34.4. The smallest absolute Gasteiger partial charge is 0.407 e. The fourth-order valence-corrected chi connectivity index (χ4v) is 8.93. The predicted octanol–water partition coefficient (Wildman–Crippen LogP) is 4.11. The molecule has 2 aromatic heterocycles. The van der Waals surface area contributed by atoms with Gasteiger partial charge < -0.3 is 24.6 Å². The Labute approximate surface area is 286 Å². The fourth-order valence-electron chi connectivity index (χ4n) is 5.79. The zero-order chi connectivity index (χ0) is 33.8. The molecule has 16 heteroatoms. The fraction of sp³-hybridized carbons (Fsp3) is 0.438. The maximum Gasteiger partial charge on any atom is 0.407 e. The molecule has 5 atom stereocenters. The molecular formula is C32H37N5O8S3. The minimum Gasteiger partial charge on any atom is -0.443 e. The summed E-state index contributed by atoms with van der Waals surface area (Å²) in [6, 6.07) is 13.0. The molecule has 2 aliphatic rings. The third-order valence-corrected chi connectivity index (χ3v) is 11.7. The normalized spacial score (nSPS) is 20.6. The van der Waals surface area contributed by atoms with Crippen LogP contribution in [-0.4, -0.2) is 90.6 Å². The molecular weight excluding hydrogens is 679 g/mol. The van der Waals surface area contributed by atoms with Crippen LogP contribution in [0.5, 0.6) is 0 Å². The molecule has 2 fully saturated rings. The van der Waals surface area contributed by atoms with Gasteiger partial charge in [-0.15, -0.1) is 11.3 Å². The van der Waals surface area contributed by atoms with Crippen LogP contribution in [0.15, 0.2) is 65.1 Å². The van der Waals surface area contributed by atoms with Crippen LogP contribution in [0.3, 0.4) is 0 Å². The van der Waals surface area contributed by atoms with Gasteiger partial charge in [-0.3, -0.25) is 15.1 Å². The van der Waals surface area contributed by atoms with Crippen LogP contribution in [0.25, 0.3) is 10.2 Å². The topological polar surface area (TPSA) is 169 Å². The molecule has 0 radical (unpaired) electrons. The monoisotopic (exact) mass is 715 g/mol. The standard InChI is InChI=1S/C32H37N5O8S3/c1-19(2)15-37(48(41,42)21-8-9-23-27(13-21)47-31(34-23)36-29(39)28-14-33-18-46-28)16-25(38)24(12-20-6-4-3-5-7-20)35-32(40)45-26-17-44-30-22(26)10-11-43-30/h3-9,13-14,18-19,22,24-26,30,38H,10-12,15-17H2,1-2H3,(H,35,40)(H,34,36,39)/t22-,24-,25+,26-,30+/m0/s1. The molecule has 0 aliphatic carbocycles. The number of rotatable bonds is 13. The van der Waals surface area contributed by atoms with Gasteiger partial charge in [-0.2, -0.15) is 4.31 Å². The number of nitrogens with zero attached hydrogens (tertiary/aromatic N) is 3. The van der Waals surface area contributed by atoms with Gasteiger partial charge in [-0.05, 0) is 42.5 Å². The van der Waals surface area contributed by atoms with Crippen LogP contribution in [0, 0.1) is 11.8 Å². The molecule has 0 unspecified atom stereocenters. The second kappa shape index (κ2) is 14.9. The molecule has 2 aliphatic heterocycles. The van der Waals surface area contributed by atoms with E-state index in [1.54, 1.807) is 11.6 Å². The van der Waals surface area contributed by atoms with E-state index in [0.29, 0.717) is 26.8 Å². The average Bonchev–Trinajstić information content (AvgIpc) is 3.87. The van der Waals surface area contributed by atoms with E-state index >= 15 is 0 Å². The highest BCUT2D eigenvalue weighted by Gasteiger charge is 2.44. The quantitative estimate of drug-likeness (QED) is 0.183. The number of sulfonamides is 1. The summed E-state index contributed by atoms with van der Waals surface area (Å²) in [6.45, 7) is 4.38. The third kappa shape index (κ3) is 8.02. The maximum absolute atomic E-state index is 14.1. The molecule has 256 valence electrons. The molecule has 2 saturated heterocycles. The lowest BCUT2D eigenvalue weighted by Crippen LogP contribution is -2.51. The van der Waals surface area contributed by atoms with Crippen molar-refractivity contribution in [1.82, 2.24) is 19.6 Å². The van der Waals surface area contributed by atoms with Crippen molar-refractivity contribution in [3.05, 3.63) is 70.7 Å². The minimum absolute atomic E-state index is 0.0216. The van der Waals surface area contributed by atoms with Gasteiger partial charge in [0.05, 0.1) is 58.1 Å². The van der Waals surface area contributed by atoms with Crippen molar-refractivity contribution >= 4 is 60.0 Å². The van der Waals surface area contributed by atoms with Crippen LogP contribution < -0.4 is 10.6 Å². The third-order valence-electron chi connectivity index (χ3n) is 8.14. The van der Waals surface area contributed by atoms with Crippen LogP contribution in [0.2, 0.25) is 0 Å². The number of carbonyl (C=O) groups excluding carboxylic acids is 2. The van der Waals surface area contributed by atoms with Crippen LogP contribution in [-0.2, 0) is 30.7 Å². The first-order valence-electron chi connectivity index (χ1n) is 15.6. The van der Waals surface area contributed by atoms with E-state index in [-0.39, 0.29) is 55.0 Å². The highest BCUT2D eigenvalue weighted by atomic mass is 32.2. The van der Waals surface area contributed by atoms with Crippen molar-refractivity contribution in [3.63, 3.8) is 0 Å².